The first-order valence-corrected chi connectivity index (χ1v) is 7.41. The molecular weight excluding hydrogens is 311 g/mol. The Morgan fingerprint density at radius 2 is 2.05 bits per heavy atom. The smallest absolute Gasteiger partial charge is 0.234 e. The summed E-state index contributed by atoms with van der Waals surface area (Å²) in [6.45, 7) is 3.74. The summed E-state index contributed by atoms with van der Waals surface area (Å²) in [5, 5.41) is 6.70. The quantitative estimate of drug-likeness (QED) is 0.769. The van der Waals surface area contributed by atoms with Crippen LogP contribution in [0.1, 0.15) is 19.8 Å². The lowest BCUT2D eigenvalue weighted by Gasteiger charge is -2.15. The van der Waals surface area contributed by atoms with E-state index in [-0.39, 0.29) is 24.4 Å². The molecule has 0 aromatic heterocycles. The Balaban J connectivity index is 0.00000220. The molecule has 21 heavy (non-hydrogen) atoms. The predicted molar refractivity (Wildman–Crippen MR) is 87.4 cm³/mol. The van der Waals surface area contributed by atoms with Crippen molar-refractivity contribution in [2.24, 2.45) is 5.92 Å². The number of hydrogen-bond acceptors (Lipinski definition) is 3. The Labute approximate surface area is 137 Å². The Bertz CT molecular complexity index is 436. The summed E-state index contributed by atoms with van der Waals surface area (Å²) in [7, 11) is 0. The van der Waals surface area contributed by atoms with Crippen molar-refractivity contribution in [3.8, 4) is 5.75 Å². The third-order valence-electron chi connectivity index (χ3n) is 3.15. The zero-order chi connectivity index (χ0) is 14.4. The van der Waals surface area contributed by atoms with Crippen molar-refractivity contribution in [2.75, 3.05) is 19.6 Å². The minimum atomic E-state index is -0.0800. The number of nitrogens with one attached hydrogen (secondary N) is 2. The van der Waals surface area contributed by atoms with Gasteiger partial charge in [0.05, 0.1) is 13.1 Å². The molecule has 1 fully saturated rings. The Morgan fingerprint density at radius 1 is 1.38 bits per heavy atom. The van der Waals surface area contributed by atoms with Gasteiger partial charge in [0.15, 0.2) is 0 Å². The van der Waals surface area contributed by atoms with Gasteiger partial charge in [0, 0.05) is 5.02 Å². The summed E-state index contributed by atoms with van der Waals surface area (Å²) in [5.74, 6) is 1.55. The van der Waals surface area contributed by atoms with Crippen LogP contribution < -0.4 is 15.4 Å². The van der Waals surface area contributed by atoms with Crippen molar-refractivity contribution >= 4 is 29.9 Å². The Morgan fingerprint density at radius 3 is 2.67 bits per heavy atom. The van der Waals surface area contributed by atoms with Gasteiger partial charge < -0.3 is 15.4 Å². The number of benzene rings is 1. The number of ether oxygens (including phenoxy) is 1. The third kappa shape index (κ3) is 7.55. The summed E-state index contributed by atoms with van der Waals surface area (Å²) < 4.78 is 5.68. The minimum absolute atomic E-state index is 0. The van der Waals surface area contributed by atoms with Crippen LogP contribution in [0.3, 0.4) is 0 Å². The third-order valence-corrected chi connectivity index (χ3v) is 3.41. The largest absolute Gasteiger partial charge is 0.489 e. The van der Waals surface area contributed by atoms with Gasteiger partial charge >= 0.3 is 0 Å². The summed E-state index contributed by atoms with van der Waals surface area (Å²) in [5.41, 5.74) is 0. The van der Waals surface area contributed by atoms with Crippen LogP contribution in [0.5, 0.6) is 5.75 Å². The Hall–Kier alpha value is -0.970. The molecule has 6 heteroatoms. The number of carbonyl (C=O) groups is 1. The molecule has 1 aromatic carbocycles. The summed E-state index contributed by atoms with van der Waals surface area (Å²) in [6, 6.07) is 7.20. The maximum atomic E-state index is 11.6. The topological polar surface area (TPSA) is 50.4 Å². The molecule has 118 valence electrons. The first-order valence-electron chi connectivity index (χ1n) is 7.03. The van der Waals surface area contributed by atoms with Gasteiger partial charge in [0.25, 0.3) is 0 Å². The highest BCUT2D eigenvalue weighted by Gasteiger charge is 2.20. The standard InChI is InChI=1S/C15H21ClN2O2.ClH/c1-11(20-14-6-4-13(16)5-7-14)8-18-15(19)10-17-9-12-2-3-12;/h4-7,11-12,17H,2-3,8-10H2,1H3,(H,18,19);1H. The van der Waals surface area contributed by atoms with E-state index in [9.17, 15) is 4.79 Å². The van der Waals surface area contributed by atoms with E-state index in [1.807, 2.05) is 19.1 Å². The maximum Gasteiger partial charge on any atom is 0.234 e. The van der Waals surface area contributed by atoms with Crippen LogP contribution in [0.2, 0.25) is 5.02 Å². The van der Waals surface area contributed by atoms with Crippen LogP contribution >= 0.6 is 24.0 Å². The number of halogens is 2. The highest BCUT2D eigenvalue weighted by Crippen LogP contribution is 2.27. The van der Waals surface area contributed by atoms with Crippen molar-refractivity contribution in [1.29, 1.82) is 0 Å². The van der Waals surface area contributed by atoms with E-state index in [1.165, 1.54) is 12.8 Å². The zero-order valence-corrected chi connectivity index (χ0v) is 13.7. The first-order chi connectivity index (χ1) is 9.63. The van der Waals surface area contributed by atoms with Gasteiger partial charge in [-0.25, -0.2) is 0 Å². The molecular formula is C15H22Cl2N2O2. The normalized spacial score (nSPS) is 15.0. The molecule has 0 saturated heterocycles. The molecule has 1 aliphatic rings. The van der Waals surface area contributed by atoms with E-state index >= 15 is 0 Å². The molecule has 0 heterocycles. The van der Waals surface area contributed by atoms with E-state index in [2.05, 4.69) is 10.6 Å². The number of hydrogen-bond donors (Lipinski definition) is 2. The van der Waals surface area contributed by atoms with Gasteiger partial charge in [0.1, 0.15) is 11.9 Å². The molecule has 1 amide bonds. The van der Waals surface area contributed by atoms with Crippen LogP contribution in [-0.4, -0.2) is 31.6 Å². The van der Waals surface area contributed by atoms with Crippen molar-refractivity contribution in [2.45, 2.75) is 25.9 Å². The number of rotatable bonds is 8. The monoisotopic (exact) mass is 332 g/mol. The average molecular weight is 333 g/mol. The van der Waals surface area contributed by atoms with Gasteiger partial charge in [-0.3, -0.25) is 4.79 Å². The molecule has 1 aliphatic carbocycles. The molecule has 2 N–H and O–H groups in total. The lowest BCUT2D eigenvalue weighted by molar-refractivity contribution is -0.120. The van der Waals surface area contributed by atoms with Gasteiger partial charge in [-0.05, 0) is 56.5 Å². The molecule has 0 aliphatic heterocycles. The van der Waals surface area contributed by atoms with Gasteiger partial charge in [0.2, 0.25) is 5.91 Å². The molecule has 4 nitrogen and oxygen atoms in total. The molecule has 0 spiro atoms. The van der Waals surface area contributed by atoms with Gasteiger partial charge in [-0.2, -0.15) is 0 Å². The predicted octanol–water partition coefficient (Wildman–Crippen LogP) is 2.64. The lowest BCUT2D eigenvalue weighted by Crippen LogP contribution is -2.39. The molecule has 1 aromatic rings. The molecule has 0 radical (unpaired) electrons. The molecule has 0 bridgehead atoms. The van der Waals surface area contributed by atoms with Crippen molar-refractivity contribution in [3.05, 3.63) is 29.3 Å². The van der Waals surface area contributed by atoms with Crippen molar-refractivity contribution < 1.29 is 9.53 Å². The maximum absolute atomic E-state index is 11.6. The van der Waals surface area contributed by atoms with E-state index in [1.54, 1.807) is 12.1 Å². The van der Waals surface area contributed by atoms with E-state index in [0.29, 0.717) is 18.1 Å². The van der Waals surface area contributed by atoms with Crippen LogP contribution in [0.15, 0.2) is 24.3 Å². The summed E-state index contributed by atoms with van der Waals surface area (Å²) in [4.78, 5) is 11.6. The molecule has 1 atom stereocenters. The van der Waals surface area contributed by atoms with Gasteiger partial charge in [-0.15, -0.1) is 12.4 Å². The van der Waals surface area contributed by atoms with Crippen molar-refractivity contribution in [1.82, 2.24) is 10.6 Å². The summed E-state index contributed by atoms with van der Waals surface area (Å²) >= 11 is 5.81. The first kappa shape index (κ1) is 18.1. The van der Waals surface area contributed by atoms with Crippen LogP contribution in [0.25, 0.3) is 0 Å². The fourth-order valence-corrected chi connectivity index (χ4v) is 1.94. The minimum Gasteiger partial charge on any atom is -0.489 e. The molecule has 2 rings (SSSR count). The van der Waals surface area contributed by atoms with Crippen LogP contribution in [-0.2, 0) is 4.79 Å². The second-order valence-electron chi connectivity index (χ2n) is 5.26. The van der Waals surface area contributed by atoms with E-state index < -0.39 is 0 Å². The highest BCUT2D eigenvalue weighted by atomic mass is 35.5. The Kier molecular flexibility index (Phi) is 7.86. The number of amides is 1. The zero-order valence-electron chi connectivity index (χ0n) is 12.1. The second kappa shape index (κ2) is 9.13. The molecule has 1 saturated carbocycles. The fraction of sp³-hybridized carbons (Fsp3) is 0.533. The van der Waals surface area contributed by atoms with Gasteiger partial charge in [-0.1, -0.05) is 11.6 Å². The second-order valence-corrected chi connectivity index (χ2v) is 5.70. The fourth-order valence-electron chi connectivity index (χ4n) is 1.82. The van der Waals surface area contributed by atoms with Crippen molar-refractivity contribution in [3.63, 3.8) is 0 Å². The highest BCUT2D eigenvalue weighted by molar-refractivity contribution is 6.30. The van der Waals surface area contributed by atoms with E-state index in [0.717, 1.165) is 18.2 Å². The lowest BCUT2D eigenvalue weighted by atomic mass is 10.3. The molecule has 1 unspecified atom stereocenters. The van der Waals surface area contributed by atoms with Crippen LogP contribution in [0, 0.1) is 5.92 Å². The SMILES string of the molecule is CC(CNC(=O)CNCC1CC1)Oc1ccc(Cl)cc1.Cl. The van der Waals surface area contributed by atoms with Crippen LogP contribution in [0.4, 0.5) is 0 Å². The van der Waals surface area contributed by atoms with E-state index in [4.69, 9.17) is 16.3 Å². The summed E-state index contributed by atoms with van der Waals surface area (Å²) in [6.07, 6.45) is 2.50. The number of carbonyl (C=O) groups excluding carboxylic acids is 1. The average Bonchev–Trinajstić information content (AvgIpc) is 3.23.